The van der Waals surface area contributed by atoms with Crippen LogP contribution in [-0.2, 0) is 30.1 Å². The number of halogens is 1. The number of nitrogens with zero attached hydrogens (tertiary/aromatic N) is 1. The average Bonchev–Trinajstić information content (AvgIpc) is 3.27. The van der Waals surface area contributed by atoms with Crippen LogP contribution < -0.4 is 5.32 Å². The van der Waals surface area contributed by atoms with Crippen LogP contribution in [0.1, 0.15) is 79.7 Å². The van der Waals surface area contributed by atoms with Gasteiger partial charge in [0.1, 0.15) is 5.82 Å². The van der Waals surface area contributed by atoms with E-state index in [0.29, 0.717) is 17.7 Å². The van der Waals surface area contributed by atoms with Crippen LogP contribution in [0.15, 0.2) is 17.0 Å². The van der Waals surface area contributed by atoms with E-state index in [0.717, 1.165) is 67.6 Å². The smallest absolute Gasteiger partial charge is 0.155 e. The molecule has 2 aliphatic carbocycles. The molecule has 1 N–H and O–H groups in total. The van der Waals surface area contributed by atoms with Gasteiger partial charge < -0.3 is 9.88 Å². The van der Waals surface area contributed by atoms with Crippen molar-refractivity contribution in [3.05, 3.63) is 40.5 Å². The van der Waals surface area contributed by atoms with Gasteiger partial charge in [0.15, 0.2) is 6.29 Å². The second-order valence-electron chi connectivity index (χ2n) is 10.2. The fourth-order valence-electron chi connectivity index (χ4n) is 5.77. The number of hydrogen-bond donors (Lipinski definition) is 1. The van der Waals surface area contributed by atoms with Gasteiger partial charge >= 0.3 is 0 Å². The van der Waals surface area contributed by atoms with Gasteiger partial charge in [-0.05, 0) is 61.6 Å². The predicted octanol–water partition coefficient (Wildman–Crippen LogP) is 5.35. The molecule has 0 radical (unpaired) electrons. The summed E-state index contributed by atoms with van der Waals surface area (Å²) in [4.78, 5) is 12.7. The number of aromatic nitrogens is 1. The van der Waals surface area contributed by atoms with E-state index in [9.17, 15) is 9.00 Å². The van der Waals surface area contributed by atoms with Crippen LogP contribution in [-0.4, -0.2) is 26.9 Å². The van der Waals surface area contributed by atoms with E-state index in [-0.39, 0.29) is 17.0 Å². The maximum absolute atomic E-state index is 15.1. The lowest BCUT2D eigenvalue weighted by Crippen LogP contribution is -2.30. The summed E-state index contributed by atoms with van der Waals surface area (Å²) in [6, 6.07) is 3.70. The van der Waals surface area contributed by atoms with Crippen LogP contribution in [0.3, 0.4) is 0 Å². The Labute approximate surface area is 186 Å². The largest absolute Gasteiger partial charge is 0.382 e. The molecular formula is C25H31FN2O2S. The number of anilines is 1. The molecule has 4 nitrogen and oxygen atoms in total. The predicted molar refractivity (Wildman–Crippen MR) is 122 cm³/mol. The average molecular weight is 443 g/mol. The lowest BCUT2D eigenvalue weighted by atomic mass is 9.89. The molecular weight excluding hydrogens is 411 g/mol. The highest BCUT2D eigenvalue weighted by molar-refractivity contribution is 7.85. The molecule has 1 unspecified atom stereocenters. The van der Waals surface area contributed by atoms with Gasteiger partial charge in [-0.3, -0.25) is 9.00 Å². The van der Waals surface area contributed by atoms with E-state index in [1.54, 1.807) is 0 Å². The lowest BCUT2D eigenvalue weighted by Gasteiger charge is -2.31. The summed E-state index contributed by atoms with van der Waals surface area (Å²) in [5.41, 5.74) is 4.84. The number of rotatable bonds is 4. The summed E-state index contributed by atoms with van der Waals surface area (Å²) in [5, 5.41) is 3.47. The van der Waals surface area contributed by atoms with Crippen LogP contribution >= 0.6 is 0 Å². The Kier molecular flexibility index (Phi) is 5.32. The van der Waals surface area contributed by atoms with Crippen molar-refractivity contribution in [3.8, 4) is 5.69 Å². The third-order valence-corrected chi connectivity index (χ3v) is 9.10. The van der Waals surface area contributed by atoms with Crippen LogP contribution in [0.5, 0.6) is 0 Å². The number of fused-ring (bicyclic) bond motifs is 3. The Balaban J connectivity index is 1.65. The van der Waals surface area contributed by atoms with Gasteiger partial charge in [0.05, 0.1) is 26.9 Å². The normalized spacial score (nSPS) is 22.7. The number of aldehydes is 1. The molecule has 0 saturated heterocycles. The zero-order valence-electron chi connectivity index (χ0n) is 18.4. The van der Waals surface area contributed by atoms with Gasteiger partial charge in [-0.15, -0.1) is 0 Å². The molecule has 1 aromatic heterocycles. The lowest BCUT2D eigenvalue weighted by molar-refractivity contribution is 0.112. The van der Waals surface area contributed by atoms with E-state index in [1.165, 1.54) is 23.7 Å². The summed E-state index contributed by atoms with van der Waals surface area (Å²) < 4.78 is 30.5. The first kappa shape index (κ1) is 20.9. The van der Waals surface area contributed by atoms with Gasteiger partial charge in [-0.2, -0.15) is 0 Å². The van der Waals surface area contributed by atoms with Crippen molar-refractivity contribution in [1.29, 1.82) is 0 Å². The van der Waals surface area contributed by atoms with Crippen molar-refractivity contribution in [2.24, 2.45) is 5.41 Å². The molecule has 1 saturated carbocycles. The Morgan fingerprint density at radius 2 is 1.90 bits per heavy atom. The highest BCUT2D eigenvalue weighted by Crippen LogP contribution is 2.43. The van der Waals surface area contributed by atoms with E-state index >= 15 is 4.39 Å². The zero-order chi connectivity index (χ0) is 21.8. The second-order valence-corrected chi connectivity index (χ2v) is 11.6. The van der Waals surface area contributed by atoms with Crippen molar-refractivity contribution in [1.82, 2.24) is 4.57 Å². The van der Waals surface area contributed by atoms with Gasteiger partial charge in [0, 0.05) is 28.9 Å². The van der Waals surface area contributed by atoms with Gasteiger partial charge in [0.2, 0.25) is 0 Å². The molecule has 1 aromatic carbocycles. The van der Waals surface area contributed by atoms with E-state index in [1.807, 2.05) is 6.07 Å². The maximum atomic E-state index is 15.1. The molecule has 2 aromatic rings. The van der Waals surface area contributed by atoms with Gasteiger partial charge in [-0.25, -0.2) is 4.39 Å². The standard InChI is InChI=1S/C25H31FN2O2S/c1-25(2)13-23-24(31(30)15-25)18-9-6-10-22(18)28(23)17-11-20(26)19(14-29)21(12-17)27-16-7-4-3-5-8-16/h11-12,14,16,27H,3-10,13,15H2,1-2H3. The Hall–Kier alpha value is -1.95. The third kappa shape index (κ3) is 3.67. The van der Waals surface area contributed by atoms with Crippen molar-refractivity contribution in [2.75, 3.05) is 11.1 Å². The van der Waals surface area contributed by atoms with E-state index in [4.69, 9.17) is 0 Å². The molecule has 3 aliphatic rings. The van der Waals surface area contributed by atoms with E-state index in [2.05, 4.69) is 23.7 Å². The van der Waals surface area contributed by atoms with Crippen LogP contribution in [0, 0.1) is 11.2 Å². The fourth-order valence-corrected chi connectivity index (χ4v) is 7.64. The molecule has 1 aliphatic heterocycles. The van der Waals surface area contributed by atoms with Gasteiger partial charge in [0.25, 0.3) is 0 Å². The van der Waals surface area contributed by atoms with Crippen LogP contribution in [0.4, 0.5) is 10.1 Å². The SMILES string of the molecule is CC1(C)Cc2c(c3c(n2-c2cc(F)c(C=O)c(NC4CCCCC4)c2)CCC3)S(=O)C1. The molecule has 1 atom stereocenters. The molecule has 0 amide bonds. The zero-order valence-corrected chi connectivity index (χ0v) is 19.2. The summed E-state index contributed by atoms with van der Waals surface area (Å²) in [6.45, 7) is 4.31. The number of benzene rings is 1. The highest BCUT2D eigenvalue weighted by Gasteiger charge is 2.38. The van der Waals surface area contributed by atoms with Crippen molar-refractivity contribution in [2.45, 2.75) is 82.6 Å². The summed E-state index contributed by atoms with van der Waals surface area (Å²) in [5.74, 6) is 0.180. The summed E-state index contributed by atoms with van der Waals surface area (Å²) >= 11 is 0. The molecule has 1 fully saturated rings. The second kappa shape index (κ2) is 7.88. The van der Waals surface area contributed by atoms with Crippen molar-refractivity contribution >= 4 is 22.8 Å². The topological polar surface area (TPSA) is 51.1 Å². The molecule has 2 heterocycles. The third-order valence-electron chi connectivity index (χ3n) is 7.12. The van der Waals surface area contributed by atoms with Crippen molar-refractivity contribution < 1.29 is 13.4 Å². The quantitative estimate of drug-likeness (QED) is 0.649. The molecule has 0 bridgehead atoms. The van der Waals surface area contributed by atoms with E-state index < -0.39 is 16.6 Å². The molecule has 6 heteroatoms. The minimum atomic E-state index is -1.03. The first-order chi connectivity index (χ1) is 14.9. The Morgan fingerprint density at radius 3 is 2.65 bits per heavy atom. The minimum Gasteiger partial charge on any atom is -0.382 e. The molecule has 166 valence electrons. The number of carbonyl (C=O) groups is 1. The first-order valence-electron chi connectivity index (χ1n) is 11.6. The Bertz CT molecular complexity index is 1070. The first-order valence-corrected chi connectivity index (χ1v) is 12.9. The molecule has 5 rings (SSSR count). The number of nitrogens with one attached hydrogen (secondary N) is 1. The monoisotopic (exact) mass is 442 g/mol. The number of carbonyl (C=O) groups excluding carboxylic acids is 1. The minimum absolute atomic E-state index is 0.0633. The molecule has 31 heavy (non-hydrogen) atoms. The van der Waals surface area contributed by atoms with Crippen LogP contribution in [0.25, 0.3) is 5.69 Å². The summed E-state index contributed by atoms with van der Waals surface area (Å²) in [6.07, 6.45) is 10.0. The highest BCUT2D eigenvalue weighted by atomic mass is 32.2. The fraction of sp³-hybridized carbons (Fsp3) is 0.560. The van der Waals surface area contributed by atoms with Gasteiger partial charge in [-0.1, -0.05) is 33.1 Å². The molecule has 0 spiro atoms. The maximum Gasteiger partial charge on any atom is 0.155 e. The Morgan fingerprint density at radius 1 is 1.13 bits per heavy atom. The number of hydrogen-bond acceptors (Lipinski definition) is 3. The van der Waals surface area contributed by atoms with Crippen molar-refractivity contribution in [3.63, 3.8) is 0 Å². The summed E-state index contributed by atoms with van der Waals surface area (Å²) in [7, 11) is -1.03. The van der Waals surface area contributed by atoms with Crippen LogP contribution in [0.2, 0.25) is 0 Å².